The number of aliphatic carboxylic acids is 1. The van der Waals surface area contributed by atoms with E-state index in [1.54, 1.807) is 12.1 Å². The van der Waals surface area contributed by atoms with Crippen molar-refractivity contribution in [2.24, 2.45) is 0 Å². The van der Waals surface area contributed by atoms with Crippen LogP contribution in [0.25, 0.3) is 0 Å². The Balaban J connectivity index is 0.000000370. The second kappa shape index (κ2) is 7.95. The van der Waals surface area contributed by atoms with Crippen molar-refractivity contribution < 1.29 is 28.0 Å². The van der Waals surface area contributed by atoms with E-state index in [-0.39, 0.29) is 4.90 Å². The maximum Gasteiger partial charge on any atom is 0.323 e. The molecule has 0 radical (unpaired) electrons. The van der Waals surface area contributed by atoms with Crippen LogP contribution in [0.3, 0.4) is 0 Å². The minimum absolute atomic E-state index is 0.0666. The summed E-state index contributed by atoms with van der Waals surface area (Å²) < 4.78 is 29.6. The molecule has 0 unspecified atom stereocenters. The van der Waals surface area contributed by atoms with Crippen molar-refractivity contribution in [3.63, 3.8) is 0 Å². The van der Waals surface area contributed by atoms with Crippen LogP contribution in [0.5, 0.6) is 0 Å². The highest BCUT2D eigenvalue weighted by Crippen LogP contribution is 2.08. The Morgan fingerprint density at radius 1 is 1.25 bits per heavy atom. The second-order valence-corrected chi connectivity index (χ2v) is 5.55. The first-order valence-electron chi connectivity index (χ1n) is 5.72. The lowest BCUT2D eigenvalue weighted by atomic mass is 10.2. The van der Waals surface area contributed by atoms with Gasteiger partial charge in [0.1, 0.15) is 6.04 Å². The van der Waals surface area contributed by atoms with Gasteiger partial charge in [0.05, 0.1) is 11.0 Å². The van der Waals surface area contributed by atoms with Crippen LogP contribution < -0.4 is 5.32 Å². The average molecular weight is 305 g/mol. The van der Waals surface area contributed by atoms with Crippen molar-refractivity contribution in [1.29, 1.82) is 0 Å². The third-order valence-electron chi connectivity index (χ3n) is 2.38. The zero-order chi connectivity index (χ0) is 15.9. The van der Waals surface area contributed by atoms with Crippen LogP contribution >= 0.6 is 0 Å². The Labute approximate surface area is 118 Å². The summed E-state index contributed by atoms with van der Waals surface area (Å²) in [6.45, 7) is 3.27. The molecule has 0 heterocycles. The fraction of sp³-hybridized carbons (Fsp3) is 0.417. The predicted octanol–water partition coefficient (Wildman–Crippen LogP) is 0.282. The number of carboxylic acid groups (broad SMARTS) is 1. The third kappa shape index (κ3) is 6.62. The molecule has 8 heteroatoms. The highest BCUT2D eigenvalue weighted by atomic mass is 32.2. The number of carboxylic acids is 1. The van der Waals surface area contributed by atoms with Crippen LogP contribution in [0, 0.1) is 6.92 Å². The SMILES string of the molecule is CN[C@@H](C(=O)O)[C@H](C)O.Cc1ccc(S(=O)(=O)O)cc1. The molecule has 0 aromatic heterocycles. The molecule has 4 N–H and O–H groups in total. The van der Waals surface area contributed by atoms with Crippen molar-refractivity contribution in [2.75, 3.05) is 7.05 Å². The van der Waals surface area contributed by atoms with E-state index in [2.05, 4.69) is 5.32 Å². The molecule has 0 bridgehead atoms. The quantitative estimate of drug-likeness (QED) is 0.589. The number of nitrogens with one attached hydrogen (secondary N) is 1. The van der Waals surface area contributed by atoms with Crippen molar-refractivity contribution in [3.8, 4) is 0 Å². The summed E-state index contributed by atoms with van der Waals surface area (Å²) in [5.41, 5.74) is 0.956. The number of likely N-dealkylation sites (N-methyl/N-ethyl adjacent to an activating group) is 1. The van der Waals surface area contributed by atoms with Gasteiger partial charge in [0.15, 0.2) is 0 Å². The summed E-state index contributed by atoms with van der Waals surface area (Å²) >= 11 is 0. The zero-order valence-corrected chi connectivity index (χ0v) is 12.3. The van der Waals surface area contributed by atoms with Crippen molar-refractivity contribution >= 4 is 16.1 Å². The largest absolute Gasteiger partial charge is 0.480 e. The van der Waals surface area contributed by atoms with E-state index < -0.39 is 28.2 Å². The van der Waals surface area contributed by atoms with Crippen molar-refractivity contribution in [3.05, 3.63) is 29.8 Å². The smallest absolute Gasteiger partial charge is 0.323 e. The van der Waals surface area contributed by atoms with Crippen molar-refractivity contribution in [2.45, 2.75) is 30.9 Å². The van der Waals surface area contributed by atoms with Gasteiger partial charge in [0, 0.05) is 0 Å². The van der Waals surface area contributed by atoms with E-state index in [0.29, 0.717) is 0 Å². The summed E-state index contributed by atoms with van der Waals surface area (Å²) in [5.74, 6) is -1.03. The number of aliphatic hydroxyl groups is 1. The molecule has 1 aromatic rings. The molecule has 0 spiro atoms. The van der Waals surface area contributed by atoms with Crippen LogP contribution in [-0.2, 0) is 14.9 Å². The normalized spacial score (nSPS) is 13.8. The highest BCUT2D eigenvalue weighted by molar-refractivity contribution is 7.85. The number of hydrogen-bond acceptors (Lipinski definition) is 5. The molecule has 20 heavy (non-hydrogen) atoms. The minimum atomic E-state index is -4.02. The van der Waals surface area contributed by atoms with Gasteiger partial charge in [-0.15, -0.1) is 0 Å². The number of hydrogen-bond donors (Lipinski definition) is 4. The molecule has 2 atom stereocenters. The highest BCUT2D eigenvalue weighted by Gasteiger charge is 2.19. The molecule has 7 nitrogen and oxygen atoms in total. The van der Waals surface area contributed by atoms with Gasteiger partial charge < -0.3 is 15.5 Å². The predicted molar refractivity (Wildman–Crippen MR) is 73.2 cm³/mol. The lowest BCUT2D eigenvalue weighted by Gasteiger charge is -2.12. The van der Waals surface area contributed by atoms with E-state index in [9.17, 15) is 13.2 Å². The van der Waals surface area contributed by atoms with Gasteiger partial charge in [-0.3, -0.25) is 9.35 Å². The van der Waals surface area contributed by atoms with Crippen LogP contribution in [0.4, 0.5) is 0 Å². The van der Waals surface area contributed by atoms with Crippen LogP contribution in [0.2, 0.25) is 0 Å². The summed E-state index contributed by atoms with van der Waals surface area (Å²) in [7, 11) is -2.53. The summed E-state index contributed by atoms with van der Waals surface area (Å²) in [6.07, 6.45) is -0.854. The number of aryl methyl sites for hydroxylation is 1. The van der Waals surface area contributed by atoms with Gasteiger partial charge in [0.25, 0.3) is 10.1 Å². The minimum Gasteiger partial charge on any atom is -0.480 e. The third-order valence-corrected chi connectivity index (χ3v) is 3.25. The fourth-order valence-electron chi connectivity index (χ4n) is 1.28. The number of benzene rings is 1. The molecule has 0 aliphatic heterocycles. The van der Waals surface area contributed by atoms with E-state index in [4.69, 9.17) is 14.8 Å². The molecule has 114 valence electrons. The molecule has 1 rings (SSSR count). The van der Waals surface area contributed by atoms with Gasteiger partial charge in [-0.05, 0) is 33.0 Å². The molecule has 0 aliphatic rings. The Bertz CT molecular complexity index is 523. The van der Waals surface area contributed by atoms with Crippen LogP contribution in [-0.4, -0.2) is 48.3 Å². The number of rotatable bonds is 4. The van der Waals surface area contributed by atoms with Crippen LogP contribution in [0.15, 0.2) is 29.2 Å². The topological polar surface area (TPSA) is 124 Å². The molecule has 1 aromatic carbocycles. The maximum atomic E-state index is 10.5. The first kappa shape index (κ1) is 18.5. The molecular weight excluding hydrogens is 286 g/mol. The first-order valence-corrected chi connectivity index (χ1v) is 7.16. The molecule has 0 saturated carbocycles. The van der Waals surface area contributed by atoms with Gasteiger partial charge in [-0.2, -0.15) is 8.42 Å². The zero-order valence-electron chi connectivity index (χ0n) is 11.4. The van der Waals surface area contributed by atoms with E-state index in [0.717, 1.165) is 5.56 Å². The van der Waals surface area contributed by atoms with Gasteiger partial charge >= 0.3 is 5.97 Å². The summed E-state index contributed by atoms with van der Waals surface area (Å²) in [4.78, 5) is 10.1. The van der Waals surface area contributed by atoms with Gasteiger partial charge in [0.2, 0.25) is 0 Å². The van der Waals surface area contributed by atoms with E-state index in [1.165, 1.54) is 26.1 Å². The lowest BCUT2D eigenvalue weighted by molar-refractivity contribution is -0.141. The molecule has 0 fully saturated rings. The number of carbonyl (C=O) groups is 1. The number of aliphatic hydroxyl groups excluding tert-OH is 1. The summed E-state index contributed by atoms with van der Waals surface area (Å²) in [5, 5.41) is 19.5. The lowest BCUT2D eigenvalue weighted by Crippen LogP contribution is -2.42. The van der Waals surface area contributed by atoms with Gasteiger partial charge in [-0.1, -0.05) is 17.7 Å². The fourth-order valence-corrected chi connectivity index (χ4v) is 1.76. The second-order valence-electron chi connectivity index (χ2n) is 4.13. The van der Waals surface area contributed by atoms with Gasteiger partial charge in [-0.25, -0.2) is 0 Å². The molecule has 0 amide bonds. The Morgan fingerprint density at radius 3 is 1.90 bits per heavy atom. The van der Waals surface area contributed by atoms with Crippen molar-refractivity contribution in [1.82, 2.24) is 5.32 Å². The average Bonchev–Trinajstić information content (AvgIpc) is 2.28. The molecule has 0 saturated heterocycles. The maximum absolute atomic E-state index is 10.5. The first-order chi connectivity index (χ1) is 9.09. The molecule has 0 aliphatic carbocycles. The van der Waals surface area contributed by atoms with E-state index >= 15 is 0 Å². The monoisotopic (exact) mass is 305 g/mol. The van der Waals surface area contributed by atoms with Crippen LogP contribution in [0.1, 0.15) is 12.5 Å². The molecular formula is C12H19NO6S. The summed E-state index contributed by atoms with van der Waals surface area (Å²) in [6, 6.07) is 5.13. The standard InChI is InChI=1S/C7H8O3S.C5H11NO3/c1-6-2-4-7(5-3-6)11(8,9)10;1-3(7)4(6-2)5(8)9/h2-5H,1H3,(H,8,9,10);3-4,6-7H,1-2H3,(H,8,9)/t;3-,4+/m.0/s1. The van der Waals surface area contributed by atoms with E-state index in [1.807, 2.05) is 6.92 Å². The Kier molecular flexibility index (Phi) is 7.36. The Morgan fingerprint density at radius 2 is 1.70 bits per heavy atom. The Hall–Kier alpha value is -1.48.